The Kier molecular flexibility index (Phi) is 11.7. The topological polar surface area (TPSA) is 52.6 Å². The second-order valence-corrected chi connectivity index (χ2v) is 8.35. The van der Waals surface area contributed by atoms with Gasteiger partial charge in [-0.2, -0.15) is 0 Å². The van der Waals surface area contributed by atoms with E-state index in [-0.39, 0.29) is 24.0 Å². The van der Waals surface area contributed by atoms with Gasteiger partial charge in [0.15, 0.2) is 5.96 Å². The van der Waals surface area contributed by atoms with Crippen LogP contribution in [0.15, 0.2) is 4.99 Å². The smallest absolute Gasteiger partial charge is 0.191 e. The van der Waals surface area contributed by atoms with Crippen LogP contribution in [0, 0.1) is 19.8 Å². The van der Waals surface area contributed by atoms with E-state index >= 15 is 0 Å². The molecule has 0 amide bonds. The Bertz CT molecular complexity index is 519. The van der Waals surface area contributed by atoms with Crippen LogP contribution in [0.2, 0.25) is 0 Å². The third-order valence-electron chi connectivity index (χ3n) is 4.83. The van der Waals surface area contributed by atoms with E-state index in [1.54, 1.807) is 11.3 Å². The van der Waals surface area contributed by atoms with E-state index in [1.807, 2.05) is 0 Å². The summed E-state index contributed by atoms with van der Waals surface area (Å²) in [6.45, 7) is 15.0. The molecule has 2 heterocycles. The lowest BCUT2D eigenvalue weighted by molar-refractivity contribution is 0.192. The van der Waals surface area contributed by atoms with Gasteiger partial charge in [-0.05, 0) is 65.6 Å². The second kappa shape index (κ2) is 12.9. The minimum atomic E-state index is 0. The molecule has 0 unspecified atom stereocenters. The molecule has 0 saturated carbocycles. The van der Waals surface area contributed by atoms with E-state index in [4.69, 9.17) is 4.99 Å². The molecule has 1 aromatic rings. The van der Waals surface area contributed by atoms with Crippen molar-refractivity contribution < 1.29 is 0 Å². The summed E-state index contributed by atoms with van der Waals surface area (Å²) in [7, 11) is 0. The van der Waals surface area contributed by atoms with Gasteiger partial charge in [-0.15, -0.1) is 35.3 Å². The number of nitrogens with one attached hydrogen (secondary N) is 2. The summed E-state index contributed by atoms with van der Waals surface area (Å²) in [6, 6.07) is 0. The van der Waals surface area contributed by atoms with Crippen molar-refractivity contribution >= 4 is 41.3 Å². The third-order valence-corrected chi connectivity index (χ3v) is 5.96. The normalized spacial score (nSPS) is 16.4. The molecule has 7 heteroatoms. The van der Waals surface area contributed by atoms with E-state index < -0.39 is 0 Å². The van der Waals surface area contributed by atoms with Gasteiger partial charge in [0.05, 0.1) is 10.7 Å². The van der Waals surface area contributed by atoms with E-state index in [1.165, 1.54) is 42.4 Å². The van der Waals surface area contributed by atoms with Gasteiger partial charge in [0, 0.05) is 30.9 Å². The average Bonchev–Trinajstić information content (AvgIpc) is 2.91. The van der Waals surface area contributed by atoms with Crippen molar-refractivity contribution in [2.75, 3.05) is 39.3 Å². The molecule has 1 aliphatic rings. The van der Waals surface area contributed by atoms with Crippen molar-refractivity contribution in [3.8, 4) is 0 Å². The molecule has 1 saturated heterocycles. The largest absolute Gasteiger partial charge is 0.357 e. The molecule has 2 rings (SSSR count). The molecular weight excluding hydrogens is 457 g/mol. The lowest BCUT2D eigenvalue weighted by atomic mass is 9.99. The molecule has 150 valence electrons. The molecule has 2 N–H and O–H groups in total. The Morgan fingerprint density at radius 1 is 1.27 bits per heavy atom. The van der Waals surface area contributed by atoms with Gasteiger partial charge in [-0.25, -0.2) is 4.98 Å². The van der Waals surface area contributed by atoms with E-state index in [0.717, 1.165) is 50.0 Å². The molecule has 1 aliphatic heterocycles. The van der Waals surface area contributed by atoms with Crippen LogP contribution in [0.1, 0.15) is 48.7 Å². The number of aliphatic imine (C=N–C) groups is 1. The minimum absolute atomic E-state index is 0. The highest BCUT2D eigenvalue weighted by molar-refractivity contribution is 14.0. The number of likely N-dealkylation sites (tertiary alicyclic amines) is 1. The van der Waals surface area contributed by atoms with Crippen LogP contribution >= 0.6 is 35.3 Å². The Balaban J connectivity index is 0.00000338. The van der Waals surface area contributed by atoms with Crippen molar-refractivity contribution in [2.45, 2.75) is 53.4 Å². The predicted octanol–water partition coefficient (Wildman–Crippen LogP) is 3.60. The molecule has 1 aromatic heterocycles. The summed E-state index contributed by atoms with van der Waals surface area (Å²) in [5, 5.41) is 7.98. The molecule has 0 radical (unpaired) electrons. The molecule has 0 bridgehead atoms. The number of aromatic nitrogens is 1. The zero-order chi connectivity index (χ0) is 18.1. The standard InChI is InChI=1S/C19H35N5S.HI/c1-5-20-19(22-11-7-18-23-16(3)17(4)25-18)21-10-6-12-24-13-8-15(2)9-14-24;/h15H,5-14H2,1-4H3,(H2,20,21,22);1H. The number of hydrogen-bond acceptors (Lipinski definition) is 4. The van der Waals surface area contributed by atoms with Crippen LogP contribution in [0.4, 0.5) is 0 Å². The maximum Gasteiger partial charge on any atom is 0.191 e. The Morgan fingerprint density at radius 3 is 2.62 bits per heavy atom. The van der Waals surface area contributed by atoms with Crippen molar-refractivity contribution in [1.29, 1.82) is 0 Å². The third kappa shape index (κ3) is 8.52. The molecule has 0 atom stereocenters. The van der Waals surface area contributed by atoms with Gasteiger partial charge in [0.25, 0.3) is 0 Å². The fourth-order valence-electron chi connectivity index (χ4n) is 3.05. The molecule has 0 aliphatic carbocycles. The zero-order valence-corrected chi connectivity index (χ0v) is 20.0. The van der Waals surface area contributed by atoms with Gasteiger partial charge in [-0.3, -0.25) is 4.99 Å². The summed E-state index contributed by atoms with van der Waals surface area (Å²) >= 11 is 1.80. The summed E-state index contributed by atoms with van der Waals surface area (Å²) in [6.07, 6.45) is 4.79. The zero-order valence-electron chi connectivity index (χ0n) is 16.8. The fraction of sp³-hybridized carbons (Fsp3) is 0.789. The van der Waals surface area contributed by atoms with Crippen LogP contribution in [-0.4, -0.2) is 55.1 Å². The Hall–Kier alpha value is -0.410. The van der Waals surface area contributed by atoms with Crippen LogP contribution in [0.5, 0.6) is 0 Å². The molecule has 0 spiro atoms. The first-order valence-electron chi connectivity index (χ1n) is 9.76. The van der Waals surface area contributed by atoms with Crippen molar-refractivity contribution in [3.05, 3.63) is 15.6 Å². The van der Waals surface area contributed by atoms with Crippen molar-refractivity contribution in [1.82, 2.24) is 20.5 Å². The maximum atomic E-state index is 4.72. The summed E-state index contributed by atoms with van der Waals surface area (Å²) in [4.78, 5) is 13.2. The van der Waals surface area contributed by atoms with Crippen LogP contribution in [-0.2, 0) is 6.42 Å². The number of guanidine groups is 1. The number of halogens is 1. The Labute approximate surface area is 180 Å². The second-order valence-electron chi connectivity index (χ2n) is 7.06. The van der Waals surface area contributed by atoms with E-state index in [9.17, 15) is 0 Å². The molecule has 0 aromatic carbocycles. The molecule has 26 heavy (non-hydrogen) atoms. The lowest BCUT2D eigenvalue weighted by Crippen LogP contribution is -2.38. The number of nitrogens with zero attached hydrogens (tertiary/aromatic N) is 3. The first kappa shape index (κ1) is 23.6. The van der Waals surface area contributed by atoms with Gasteiger partial charge in [0.2, 0.25) is 0 Å². The van der Waals surface area contributed by atoms with E-state index in [0.29, 0.717) is 0 Å². The number of piperidine rings is 1. The molecule has 5 nitrogen and oxygen atoms in total. The van der Waals surface area contributed by atoms with Crippen LogP contribution in [0.25, 0.3) is 0 Å². The van der Waals surface area contributed by atoms with Crippen molar-refractivity contribution in [3.63, 3.8) is 0 Å². The van der Waals surface area contributed by atoms with Crippen LogP contribution in [0.3, 0.4) is 0 Å². The maximum absolute atomic E-state index is 4.72. The SMILES string of the molecule is CCNC(=NCCCN1CCC(C)CC1)NCCc1nc(C)c(C)s1.I. The monoisotopic (exact) mass is 493 g/mol. The van der Waals surface area contributed by atoms with Gasteiger partial charge < -0.3 is 15.5 Å². The quantitative estimate of drug-likeness (QED) is 0.252. The minimum Gasteiger partial charge on any atom is -0.357 e. The summed E-state index contributed by atoms with van der Waals surface area (Å²) < 4.78 is 0. The number of aryl methyl sites for hydroxylation is 2. The Morgan fingerprint density at radius 2 is 2.00 bits per heavy atom. The van der Waals surface area contributed by atoms with Crippen molar-refractivity contribution in [2.24, 2.45) is 10.9 Å². The number of rotatable bonds is 8. The van der Waals surface area contributed by atoms with E-state index in [2.05, 4.69) is 48.2 Å². The highest BCUT2D eigenvalue weighted by atomic mass is 127. The van der Waals surface area contributed by atoms with Gasteiger partial charge in [0.1, 0.15) is 0 Å². The number of thiazole rings is 1. The highest BCUT2D eigenvalue weighted by Crippen LogP contribution is 2.16. The lowest BCUT2D eigenvalue weighted by Gasteiger charge is -2.29. The molecule has 1 fully saturated rings. The van der Waals surface area contributed by atoms with Crippen LogP contribution < -0.4 is 10.6 Å². The predicted molar refractivity (Wildman–Crippen MR) is 124 cm³/mol. The summed E-state index contributed by atoms with van der Waals surface area (Å²) in [5.74, 6) is 1.84. The summed E-state index contributed by atoms with van der Waals surface area (Å²) in [5.41, 5.74) is 1.16. The van der Waals surface area contributed by atoms with Gasteiger partial charge in [-0.1, -0.05) is 6.92 Å². The van der Waals surface area contributed by atoms with Gasteiger partial charge >= 0.3 is 0 Å². The number of hydrogen-bond donors (Lipinski definition) is 2. The average molecular weight is 494 g/mol. The highest BCUT2D eigenvalue weighted by Gasteiger charge is 2.14. The first-order valence-corrected chi connectivity index (χ1v) is 10.6. The fourth-order valence-corrected chi connectivity index (χ4v) is 3.98. The molecular formula is C19H36IN5S. The first-order chi connectivity index (χ1) is 12.1.